The fourth-order valence-corrected chi connectivity index (χ4v) is 17.4. The van der Waals surface area contributed by atoms with Crippen molar-refractivity contribution in [2.75, 3.05) is 33.0 Å². The first-order valence-electron chi connectivity index (χ1n) is 53.1. The summed E-state index contributed by atoms with van der Waals surface area (Å²) in [5.41, 5.74) is 21.1. The van der Waals surface area contributed by atoms with Crippen LogP contribution in [0.3, 0.4) is 0 Å². The highest BCUT2D eigenvalue weighted by atomic mass is 16.6. The molecule has 0 radical (unpaired) electrons. The number of aryl methyl sites for hydroxylation is 4. The first kappa shape index (κ1) is 117. The molecular formula is C114H183N9O12. The molecule has 0 spiro atoms. The van der Waals surface area contributed by atoms with Crippen LogP contribution in [0.1, 0.15) is 424 Å². The minimum Gasteiger partial charge on any atom is -0.494 e. The molecule has 0 saturated heterocycles. The van der Waals surface area contributed by atoms with E-state index in [0.29, 0.717) is 63.4 Å². The quantitative estimate of drug-likeness (QED) is 0.00695. The van der Waals surface area contributed by atoms with E-state index in [4.69, 9.17) is 39.7 Å². The van der Waals surface area contributed by atoms with Gasteiger partial charge in [-0.05, 0) is 215 Å². The molecule has 5 aromatic carbocycles. The fraction of sp³-hybridized carbons (Fsp3) is 0.684. The van der Waals surface area contributed by atoms with Gasteiger partial charge in [0, 0.05) is 17.9 Å². The summed E-state index contributed by atoms with van der Waals surface area (Å²) in [7, 11) is 0. The Hall–Kier alpha value is -8.49. The molecule has 21 nitrogen and oxygen atoms in total. The van der Waals surface area contributed by atoms with Gasteiger partial charge in [-0.15, -0.1) is 0 Å². The second-order valence-electron chi connectivity index (χ2n) is 41.1. The van der Waals surface area contributed by atoms with Crippen LogP contribution in [0.2, 0.25) is 0 Å². The van der Waals surface area contributed by atoms with E-state index < -0.39 is 101 Å². The third kappa shape index (κ3) is 53.9. The zero-order chi connectivity index (χ0) is 98.3. The molecule has 0 heterocycles. The lowest BCUT2D eigenvalue weighted by molar-refractivity contribution is -0.156. The second-order valence-corrected chi connectivity index (χ2v) is 41.1. The average molecular weight is 1870 g/mol. The van der Waals surface area contributed by atoms with Crippen LogP contribution in [0.5, 0.6) is 17.2 Å². The molecule has 0 fully saturated rings. The summed E-state index contributed by atoms with van der Waals surface area (Å²) in [5, 5.41) is 18.6. The van der Waals surface area contributed by atoms with Crippen molar-refractivity contribution in [2.24, 2.45) is 10.8 Å². The number of azide groups is 1. The fourth-order valence-electron chi connectivity index (χ4n) is 17.4. The maximum absolute atomic E-state index is 16.0. The Morgan fingerprint density at radius 3 is 1.21 bits per heavy atom. The monoisotopic (exact) mass is 1870 g/mol. The van der Waals surface area contributed by atoms with Crippen LogP contribution >= 0.6 is 0 Å². The van der Waals surface area contributed by atoms with Crippen molar-refractivity contribution in [3.05, 3.63) is 159 Å². The minimum absolute atomic E-state index is 0.121. The highest BCUT2D eigenvalue weighted by molar-refractivity contribution is 5.97. The lowest BCUT2D eigenvalue weighted by Crippen LogP contribution is -2.61. The van der Waals surface area contributed by atoms with Gasteiger partial charge >= 0.3 is 5.97 Å². The predicted octanol–water partition coefficient (Wildman–Crippen LogP) is 26.9. The van der Waals surface area contributed by atoms with E-state index in [0.717, 1.165) is 88.1 Å². The molecule has 5 amide bonds. The van der Waals surface area contributed by atoms with Crippen LogP contribution in [-0.4, -0.2) is 122 Å². The molecule has 0 aliphatic heterocycles. The number of rotatable bonds is 76. The van der Waals surface area contributed by atoms with E-state index in [-0.39, 0.29) is 19.4 Å². The van der Waals surface area contributed by atoms with Gasteiger partial charge in [0.25, 0.3) is 0 Å². The highest BCUT2D eigenvalue weighted by Gasteiger charge is 2.37. The first-order valence-corrected chi connectivity index (χ1v) is 53.1. The molecule has 5 rings (SSSR count). The number of carbonyl (C=O) groups is 6. The van der Waals surface area contributed by atoms with Gasteiger partial charge in [-0.3, -0.25) is 28.8 Å². The molecule has 6 atom stereocenters. The number of esters is 1. The van der Waals surface area contributed by atoms with Gasteiger partial charge in [0.15, 0.2) is 0 Å². The summed E-state index contributed by atoms with van der Waals surface area (Å²) < 4.78 is 36.9. The first-order chi connectivity index (χ1) is 64.9. The van der Waals surface area contributed by atoms with Crippen LogP contribution < -0.4 is 46.5 Å². The molecule has 0 saturated carbocycles. The third-order valence-electron chi connectivity index (χ3n) is 25.0. The van der Waals surface area contributed by atoms with E-state index in [1.165, 1.54) is 231 Å². The van der Waals surface area contributed by atoms with E-state index in [1.807, 2.05) is 112 Å². The van der Waals surface area contributed by atoms with E-state index in [2.05, 4.69) is 89.4 Å². The van der Waals surface area contributed by atoms with Crippen LogP contribution in [0.25, 0.3) is 21.6 Å². The number of amides is 5. The van der Waals surface area contributed by atoms with E-state index in [1.54, 1.807) is 48.5 Å². The highest BCUT2D eigenvalue weighted by Crippen LogP contribution is 2.32. The Balaban J connectivity index is 1.44. The van der Waals surface area contributed by atoms with Crippen LogP contribution in [0, 0.1) is 13.8 Å². The van der Waals surface area contributed by atoms with Crippen molar-refractivity contribution in [1.82, 2.24) is 26.6 Å². The van der Waals surface area contributed by atoms with Gasteiger partial charge in [-0.1, -0.05) is 354 Å². The number of ether oxygens (including phenoxy) is 6. The largest absolute Gasteiger partial charge is 0.494 e. The third-order valence-corrected chi connectivity index (χ3v) is 25.0. The summed E-state index contributed by atoms with van der Waals surface area (Å²) in [6.07, 6.45) is 54.4. The number of unbranched alkanes of at least 4 members (excludes halogenated alkanes) is 39. The molecule has 5 aromatic rings. The molecule has 0 aliphatic carbocycles. The normalized spacial score (nSPS) is 13.1. The predicted molar refractivity (Wildman–Crippen MR) is 555 cm³/mol. The number of carbonyl (C=O) groups excluding carboxylic acids is 6. The van der Waals surface area contributed by atoms with Crippen molar-refractivity contribution in [3.63, 3.8) is 0 Å². The Labute approximate surface area is 816 Å². The van der Waals surface area contributed by atoms with E-state index >= 15 is 14.4 Å². The number of benzene rings is 5. The molecule has 0 bridgehead atoms. The minimum atomic E-state index is -1.70. The molecule has 135 heavy (non-hydrogen) atoms. The molecule has 756 valence electrons. The lowest BCUT2D eigenvalue weighted by Gasteiger charge is -2.31. The topological polar surface area (TPSA) is 293 Å². The number of hydrogen-bond acceptors (Lipinski definition) is 14. The summed E-state index contributed by atoms with van der Waals surface area (Å²) in [4.78, 5) is 93.5. The van der Waals surface area contributed by atoms with Crippen molar-refractivity contribution < 1.29 is 57.2 Å². The van der Waals surface area contributed by atoms with Crippen molar-refractivity contribution in [3.8, 4) is 28.4 Å². The number of nitrogens with two attached hydrogens (primary N) is 1. The summed E-state index contributed by atoms with van der Waals surface area (Å²) in [6, 6.07) is 28.0. The Morgan fingerprint density at radius 2 is 0.785 bits per heavy atom. The Morgan fingerprint density at radius 1 is 0.400 bits per heavy atom. The van der Waals surface area contributed by atoms with E-state index in [9.17, 15) is 14.4 Å². The van der Waals surface area contributed by atoms with Crippen LogP contribution in [0.4, 0.5) is 0 Å². The van der Waals surface area contributed by atoms with Gasteiger partial charge in [-0.25, -0.2) is 0 Å². The lowest BCUT2D eigenvalue weighted by atomic mass is 9.95. The van der Waals surface area contributed by atoms with Gasteiger partial charge in [0.2, 0.25) is 29.5 Å². The van der Waals surface area contributed by atoms with Gasteiger partial charge in [0.05, 0.1) is 56.2 Å². The number of hydrogen-bond donors (Lipinski definition) is 6. The molecule has 0 aliphatic rings. The van der Waals surface area contributed by atoms with Crippen molar-refractivity contribution >= 4 is 35.5 Å². The van der Waals surface area contributed by atoms with Crippen LogP contribution in [-0.2, 0) is 62.2 Å². The van der Waals surface area contributed by atoms with Gasteiger partial charge in [-0.2, -0.15) is 0 Å². The molecular weight excluding hydrogens is 1690 g/mol. The standard InChI is InChI=1S/C114H183N9O12/c1-16-19-21-23-25-27-29-31-33-35-37-39-41-43-45-47-49-51-53-56-77-130-96-70-66-94(67-71-96)106(95-68-72-97(73-69-95)131-78-57-54-52-50-48-46-44-42-40-38-36-34-32-30-28-26-24-22-20-17-2)122-107(125)100(61-59-60-91-81-87(4)80-88(5)82-91)118-108(126)101(83-90-62-64-93(65-63-90)99-75-74-98(84-92(99)18-3)132-79-58-55-76-117-123-116)119-109(127)102(85-104(124)135-114(13,14)15)120-110(128)103(86-133-112(7,8)9)121-111(129)105(115)89(6)134-113(10,11)12/h62-75,80-82,84,89,100-103,105-106H,16-61,76-79,83,85-86,115H2,1-15H3,(H,118,126)(H,119,127)(H,120,128)(H,121,129)(H,122,125)/t89-,100+,101+,102+,103+,105+/m1/s1. The molecule has 21 heteroatoms. The van der Waals surface area contributed by atoms with Gasteiger partial charge < -0.3 is 60.7 Å². The van der Waals surface area contributed by atoms with Gasteiger partial charge in [0.1, 0.15) is 53.1 Å². The number of nitrogens with one attached hydrogen (secondary N) is 5. The second kappa shape index (κ2) is 68.5. The SMILES string of the molecule is CCCCCCCCCCCCCCCCCCCCCCOc1ccc(C(NC(=O)[C@H](CCCc2cc(C)cc(C)c2)NC(=O)[C@H](Cc2ccc(-c3ccc(OCCCCN=[N+]=[N-])cc3CC)cc2)NC(=O)[C@H](CC(=O)OC(C)(C)C)NC(=O)[C@H](COC(C)(C)C)NC(=O)[C@@H](N)[C@@H](C)OC(C)(C)C)c2ccc(OCCCCCCCCCCCCCCCCCCCCCC)cc2)cc1. The summed E-state index contributed by atoms with van der Waals surface area (Å²) in [6.45, 7) is 30.0. The maximum atomic E-state index is 16.0. The smallest absolute Gasteiger partial charge is 0.308 e. The zero-order valence-electron chi connectivity index (χ0n) is 86.7. The molecule has 7 N–H and O–H groups in total. The number of nitrogens with zero attached hydrogens (tertiary/aromatic N) is 3. The van der Waals surface area contributed by atoms with Crippen LogP contribution in [0.15, 0.2) is 114 Å². The summed E-state index contributed by atoms with van der Waals surface area (Å²) >= 11 is 0. The molecule has 0 aromatic heterocycles. The van der Waals surface area contributed by atoms with Crippen molar-refractivity contribution in [1.29, 1.82) is 0 Å². The molecule has 0 unspecified atom stereocenters. The maximum Gasteiger partial charge on any atom is 0.308 e. The van der Waals surface area contributed by atoms with Crippen molar-refractivity contribution in [2.45, 2.75) is 471 Å². The zero-order valence-corrected chi connectivity index (χ0v) is 86.7. The Bertz CT molecular complexity index is 4000. The summed E-state index contributed by atoms with van der Waals surface area (Å²) in [5.74, 6) is -2.42. The Kier molecular flexibility index (Phi) is 59.4. The average Bonchev–Trinajstić information content (AvgIpc) is 0.821.